The number of morpholine rings is 1. The summed E-state index contributed by atoms with van der Waals surface area (Å²) in [5.74, 6) is 0. The highest BCUT2D eigenvalue weighted by molar-refractivity contribution is 7.07. The molecule has 0 aromatic carbocycles. The van der Waals surface area contributed by atoms with E-state index in [9.17, 15) is 4.79 Å². The molecule has 1 aromatic rings. The zero-order valence-electron chi connectivity index (χ0n) is 7.23. The fourth-order valence-electron chi connectivity index (χ4n) is 1.38. The standard InChI is InChI=1S/C8H12N2O2S/c11-8-10(2-4-13-8)6-7-5-9-1-3-12-7/h2,4,7,9H,1,3,5-6H2. The van der Waals surface area contributed by atoms with Crippen molar-refractivity contribution in [2.24, 2.45) is 0 Å². The summed E-state index contributed by atoms with van der Waals surface area (Å²) in [6.07, 6.45) is 1.95. The molecule has 0 radical (unpaired) electrons. The topological polar surface area (TPSA) is 43.3 Å². The number of ether oxygens (including phenoxy) is 1. The van der Waals surface area contributed by atoms with E-state index >= 15 is 0 Å². The van der Waals surface area contributed by atoms with Gasteiger partial charge in [-0.25, -0.2) is 0 Å². The van der Waals surface area contributed by atoms with Crippen molar-refractivity contribution in [1.29, 1.82) is 0 Å². The van der Waals surface area contributed by atoms with E-state index in [1.165, 1.54) is 11.3 Å². The van der Waals surface area contributed by atoms with E-state index in [4.69, 9.17) is 4.74 Å². The summed E-state index contributed by atoms with van der Waals surface area (Å²) in [6.45, 7) is 3.15. The predicted molar refractivity (Wildman–Crippen MR) is 51.2 cm³/mol. The average molecular weight is 200 g/mol. The van der Waals surface area contributed by atoms with Crippen LogP contribution in [0.2, 0.25) is 0 Å². The maximum atomic E-state index is 11.2. The highest BCUT2D eigenvalue weighted by Crippen LogP contribution is 1.99. The summed E-state index contributed by atoms with van der Waals surface area (Å²) in [6, 6.07) is 0. The van der Waals surface area contributed by atoms with Crippen LogP contribution in [0.25, 0.3) is 0 Å². The van der Waals surface area contributed by atoms with Crippen LogP contribution in [0, 0.1) is 0 Å². The van der Waals surface area contributed by atoms with Crippen molar-refractivity contribution >= 4 is 11.3 Å². The molecule has 1 aromatic heterocycles. The molecule has 5 heteroatoms. The largest absolute Gasteiger partial charge is 0.374 e. The van der Waals surface area contributed by atoms with E-state index < -0.39 is 0 Å². The van der Waals surface area contributed by atoms with Crippen molar-refractivity contribution in [1.82, 2.24) is 9.88 Å². The van der Waals surface area contributed by atoms with Crippen LogP contribution in [-0.4, -0.2) is 30.4 Å². The smallest absolute Gasteiger partial charge is 0.307 e. The number of nitrogens with one attached hydrogen (secondary N) is 1. The summed E-state index contributed by atoms with van der Waals surface area (Å²) >= 11 is 1.22. The van der Waals surface area contributed by atoms with Gasteiger partial charge in [-0.3, -0.25) is 4.79 Å². The minimum atomic E-state index is 0.0918. The molecule has 1 unspecified atom stereocenters. The Hall–Kier alpha value is -0.650. The molecule has 1 aliphatic rings. The molecule has 1 saturated heterocycles. The van der Waals surface area contributed by atoms with E-state index in [0.29, 0.717) is 6.54 Å². The van der Waals surface area contributed by atoms with Crippen molar-refractivity contribution in [3.63, 3.8) is 0 Å². The molecule has 1 atom stereocenters. The Morgan fingerprint density at radius 3 is 3.31 bits per heavy atom. The van der Waals surface area contributed by atoms with Gasteiger partial charge >= 0.3 is 4.87 Å². The summed E-state index contributed by atoms with van der Waals surface area (Å²) in [7, 11) is 0. The van der Waals surface area contributed by atoms with Gasteiger partial charge in [0.25, 0.3) is 0 Å². The summed E-state index contributed by atoms with van der Waals surface area (Å²) < 4.78 is 7.19. The molecule has 1 N–H and O–H groups in total. The Balaban J connectivity index is 1.97. The van der Waals surface area contributed by atoms with Crippen molar-refractivity contribution in [2.45, 2.75) is 12.6 Å². The first-order valence-corrected chi connectivity index (χ1v) is 5.20. The molecule has 1 aliphatic heterocycles. The maximum absolute atomic E-state index is 11.2. The Bertz CT molecular complexity index is 314. The molecule has 0 spiro atoms. The summed E-state index contributed by atoms with van der Waals surface area (Å²) in [5, 5.41) is 5.03. The Morgan fingerprint density at radius 1 is 1.77 bits per heavy atom. The van der Waals surface area contributed by atoms with Crippen LogP contribution in [0.1, 0.15) is 0 Å². The van der Waals surface area contributed by atoms with E-state index in [1.54, 1.807) is 9.95 Å². The van der Waals surface area contributed by atoms with Gasteiger partial charge in [0.05, 0.1) is 19.3 Å². The minimum Gasteiger partial charge on any atom is -0.374 e. The van der Waals surface area contributed by atoms with Gasteiger partial charge in [-0.15, -0.1) is 0 Å². The predicted octanol–water partition coefficient (Wildman–Crippen LogP) is -0.102. The van der Waals surface area contributed by atoms with E-state index in [1.807, 2.05) is 6.20 Å². The fourth-order valence-corrected chi connectivity index (χ4v) is 1.98. The first-order valence-electron chi connectivity index (χ1n) is 4.32. The van der Waals surface area contributed by atoms with E-state index in [2.05, 4.69) is 5.32 Å². The number of thiazole rings is 1. The molecule has 0 bridgehead atoms. The number of hydrogen-bond donors (Lipinski definition) is 1. The van der Waals surface area contributed by atoms with Crippen molar-refractivity contribution in [3.8, 4) is 0 Å². The number of rotatable bonds is 2. The van der Waals surface area contributed by atoms with Crippen molar-refractivity contribution < 1.29 is 4.74 Å². The lowest BCUT2D eigenvalue weighted by atomic mass is 10.3. The second-order valence-corrected chi connectivity index (χ2v) is 3.88. The third-order valence-electron chi connectivity index (χ3n) is 2.05. The van der Waals surface area contributed by atoms with Gasteiger partial charge in [0.1, 0.15) is 0 Å². The number of nitrogens with zero attached hydrogens (tertiary/aromatic N) is 1. The first kappa shape index (κ1) is 8.93. The number of hydrogen-bond acceptors (Lipinski definition) is 4. The Morgan fingerprint density at radius 2 is 2.69 bits per heavy atom. The SMILES string of the molecule is O=c1sccn1CC1CNCCO1. The summed E-state index contributed by atoms with van der Waals surface area (Å²) in [4.78, 5) is 11.3. The van der Waals surface area contributed by atoms with Gasteiger partial charge in [0, 0.05) is 24.7 Å². The van der Waals surface area contributed by atoms with Crippen LogP contribution in [-0.2, 0) is 11.3 Å². The third-order valence-corrected chi connectivity index (χ3v) is 2.74. The lowest BCUT2D eigenvalue weighted by Crippen LogP contribution is -2.41. The molecule has 72 valence electrons. The van der Waals surface area contributed by atoms with Crippen molar-refractivity contribution in [3.05, 3.63) is 21.2 Å². The quantitative estimate of drug-likeness (QED) is 0.725. The normalized spacial score (nSPS) is 23.2. The average Bonchev–Trinajstić information content (AvgIpc) is 2.54. The first-order chi connectivity index (χ1) is 6.36. The van der Waals surface area contributed by atoms with Crippen LogP contribution in [0.5, 0.6) is 0 Å². The van der Waals surface area contributed by atoms with Crippen LogP contribution in [0.4, 0.5) is 0 Å². The zero-order chi connectivity index (χ0) is 9.10. The molecule has 13 heavy (non-hydrogen) atoms. The van der Waals surface area contributed by atoms with Crippen LogP contribution in [0.15, 0.2) is 16.4 Å². The minimum absolute atomic E-state index is 0.0918. The van der Waals surface area contributed by atoms with Gasteiger partial charge in [-0.1, -0.05) is 11.3 Å². The molecule has 0 aliphatic carbocycles. The highest BCUT2D eigenvalue weighted by atomic mass is 32.1. The lowest BCUT2D eigenvalue weighted by Gasteiger charge is -2.23. The summed E-state index contributed by atoms with van der Waals surface area (Å²) in [5.41, 5.74) is 0. The van der Waals surface area contributed by atoms with Gasteiger partial charge in [0.2, 0.25) is 0 Å². The van der Waals surface area contributed by atoms with E-state index in [-0.39, 0.29) is 11.0 Å². The van der Waals surface area contributed by atoms with Gasteiger partial charge < -0.3 is 14.6 Å². The van der Waals surface area contributed by atoms with Gasteiger partial charge in [-0.05, 0) is 0 Å². The van der Waals surface area contributed by atoms with Gasteiger partial charge in [-0.2, -0.15) is 0 Å². The lowest BCUT2D eigenvalue weighted by molar-refractivity contribution is 0.0179. The third kappa shape index (κ3) is 2.18. The highest BCUT2D eigenvalue weighted by Gasteiger charge is 2.14. The van der Waals surface area contributed by atoms with Gasteiger partial charge in [0.15, 0.2) is 0 Å². The molecule has 2 rings (SSSR count). The Kier molecular flexibility index (Phi) is 2.77. The zero-order valence-corrected chi connectivity index (χ0v) is 8.05. The molecule has 0 amide bonds. The second-order valence-electron chi connectivity index (χ2n) is 3.02. The molecular weight excluding hydrogens is 188 g/mol. The van der Waals surface area contributed by atoms with Crippen molar-refractivity contribution in [2.75, 3.05) is 19.7 Å². The molecule has 1 fully saturated rings. The second kappa shape index (κ2) is 4.04. The molecule has 4 nitrogen and oxygen atoms in total. The fraction of sp³-hybridized carbons (Fsp3) is 0.625. The Labute approximate surface area is 80.1 Å². The van der Waals surface area contributed by atoms with Crippen LogP contribution in [0.3, 0.4) is 0 Å². The maximum Gasteiger partial charge on any atom is 0.307 e. The molecule has 2 heterocycles. The van der Waals surface area contributed by atoms with Crippen LogP contribution >= 0.6 is 11.3 Å². The van der Waals surface area contributed by atoms with Crippen LogP contribution < -0.4 is 10.2 Å². The number of aromatic nitrogens is 1. The van der Waals surface area contributed by atoms with E-state index in [0.717, 1.165) is 19.7 Å². The molecular formula is C8H12N2O2S. The molecule has 0 saturated carbocycles. The monoisotopic (exact) mass is 200 g/mol.